The lowest BCUT2D eigenvalue weighted by atomic mass is 10.2. The number of carbonyl (C=O) groups excluding carboxylic acids is 2. The number of rotatable bonds is 5. The van der Waals surface area contributed by atoms with E-state index in [4.69, 9.17) is 33.0 Å². The molecular formula is C14H13BrCl2N2O4. The first-order valence-corrected chi connectivity index (χ1v) is 8.07. The van der Waals surface area contributed by atoms with Gasteiger partial charge in [0.25, 0.3) is 5.91 Å². The Kier molecular flexibility index (Phi) is 5.91. The predicted octanol–water partition coefficient (Wildman–Crippen LogP) is 2.43. The molecule has 0 fully saturated rings. The van der Waals surface area contributed by atoms with Gasteiger partial charge in [-0.25, -0.2) is 4.79 Å². The summed E-state index contributed by atoms with van der Waals surface area (Å²) in [4.78, 5) is 25.6. The Balaban J connectivity index is 2.37. The Morgan fingerprint density at radius 3 is 2.57 bits per heavy atom. The fraction of sp³-hybridized carbons (Fsp3) is 0.286. The van der Waals surface area contributed by atoms with Crippen LogP contribution in [0.25, 0.3) is 0 Å². The molecule has 1 aliphatic heterocycles. The minimum atomic E-state index is -0.615. The van der Waals surface area contributed by atoms with Gasteiger partial charge in [0.05, 0.1) is 40.4 Å². The van der Waals surface area contributed by atoms with Crippen molar-refractivity contribution in [3.8, 4) is 0 Å². The molecule has 0 aliphatic carbocycles. The van der Waals surface area contributed by atoms with Crippen molar-refractivity contribution < 1.29 is 19.4 Å². The van der Waals surface area contributed by atoms with Gasteiger partial charge in [-0.2, -0.15) is 0 Å². The van der Waals surface area contributed by atoms with Gasteiger partial charge in [0.15, 0.2) is 0 Å². The normalized spacial score (nSPS) is 14.5. The number of ether oxygens (including phenoxy) is 1. The number of hydrogen-bond donors (Lipinski definition) is 2. The number of nitrogens with one attached hydrogen (secondary N) is 1. The van der Waals surface area contributed by atoms with E-state index in [1.54, 1.807) is 12.1 Å². The topological polar surface area (TPSA) is 78.9 Å². The molecule has 1 amide bonds. The molecule has 23 heavy (non-hydrogen) atoms. The van der Waals surface area contributed by atoms with Crippen LogP contribution in [0.15, 0.2) is 27.9 Å². The Bertz CT molecular complexity index is 670. The largest absolute Gasteiger partial charge is 0.466 e. The molecule has 2 rings (SSSR count). The summed E-state index contributed by atoms with van der Waals surface area (Å²) >= 11 is 15.3. The van der Waals surface area contributed by atoms with E-state index in [1.165, 1.54) is 12.0 Å². The van der Waals surface area contributed by atoms with Crippen LogP contribution in [-0.2, 0) is 14.3 Å². The zero-order valence-electron chi connectivity index (χ0n) is 12.0. The molecule has 0 saturated heterocycles. The van der Waals surface area contributed by atoms with Crippen molar-refractivity contribution in [2.75, 3.05) is 32.1 Å². The molecule has 0 aromatic heterocycles. The number of esters is 1. The lowest BCUT2D eigenvalue weighted by molar-refractivity contribution is -0.136. The van der Waals surface area contributed by atoms with E-state index in [0.29, 0.717) is 20.2 Å². The number of β-amino-alcohol motifs (C(OH)–C–C–N with tert-alkyl or cyclic N) is 1. The van der Waals surface area contributed by atoms with E-state index in [9.17, 15) is 9.59 Å². The first-order chi connectivity index (χ1) is 10.9. The van der Waals surface area contributed by atoms with Crippen LogP contribution in [0, 0.1) is 0 Å². The van der Waals surface area contributed by atoms with Crippen molar-refractivity contribution in [2.45, 2.75) is 0 Å². The number of benzene rings is 1. The van der Waals surface area contributed by atoms with Crippen LogP contribution in [-0.4, -0.2) is 48.7 Å². The van der Waals surface area contributed by atoms with Crippen molar-refractivity contribution >= 4 is 56.7 Å². The maximum atomic E-state index is 12.4. The van der Waals surface area contributed by atoms with Crippen LogP contribution >= 0.6 is 39.1 Å². The molecule has 1 aliphatic rings. The number of halogens is 3. The molecule has 0 radical (unpaired) electrons. The number of anilines is 1. The van der Waals surface area contributed by atoms with E-state index in [-0.39, 0.29) is 31.0 Å². The van der Waals surface area contributed by atoms with Crippen LogP contribution < -0.4 is 5.32 Å². The van der Waals surface area contributed by atoms with Crippen molar-refractivity contribution in [2.24, 2.45) is 0 Å². The second kappa shape index (κ2) is 7.53. The molecule has 0 bridgehead atoms. The SMILES string of the molecule is COC(=O)C1=C(Nc2cc(Cl)c(Br)c(Cl)c2)C(=O)N(CCO)C1. The van der Waals surface area contributed by atoms with Gasteiger partial charge in [0.2, 0.25) is 0 Å². The van der Waals surface area contributed by atoms with Crippen LogP contribution in [0.3, 0.4) is 0 Å². The molecule has 6 nitrogen and oxygen atoms in total. The Labute approximate surface area is 151 Å². The van der Waals surface area contributed by atoms with Crippen molar-refractivity contribution in [3.63, 3.8) is 0 Å². The lowest BCUT2D eigenvalue weighted by Crippen LogP contribution is -2.31. The molecule has 124 valence electrons. The van der Waals surface area contributed by atoms with Crippen LogP contribution in [0.5, 0.6) is 0 Å². The summed E-state index contributed by atoms with van der Waals surface area (Å²) in [5.74, 6) is -1.02. The highest BCUT2D eigenvalue weighted by atomic mass is 79.9. The monoisotopic (exact) mass is 422 g/mol. The maximum absolute atomic E-state index is 12.4. The van der Waals surface area contributed by atoms with E-state index in [2.05, 4.69) is 21.2 Å². The van der Waals surface area contributed by atoms with E-state index >= 15 is 0 Å². The highest BCUT2D eigenvalue weighted by molar-refractivity contribution is 9.10. The summed E-state index contributed by atoms with van der Waals surface area (Å²) in [6, 6.07) is 3.14. The summed E-state index contributed by atoms with van der Waals surface area (Å²) in [6.45, 7) is -0.0256. The molecule has 0 spiro atoms. The summed E-state index contributed by atoms with van der Waals surface area (Å²) in [7, 11) is 1.24. The highest BCUT2D eigenvalue weighted by Gasteiger charge is 2.34. The summed E-state index contributed by atoms with van der Waals surface area (Å²) in [5, 5.41) is 12.6. The summed E-state index contributed by atoms with van der Waals surface area (Å²) < 4.78 is 5.24. The van der Waals surface area contributed by atoms with Crippen molar-refractivity contribution in [3.05, 3.63) is 37.9 Å². The number of methoxy groups -OCH3 is 1. The fourth-order valence-corrected chi connectivity index (χ4v) is 2.84. The Hall–Kier alpha value is -1.28. The zero-order chi connectivity index (χ0) is 17.1. The third kappa shape index (κ3) is 3.80. The van der Waals surface area contributed by atoms with Gasteiger partial charge in [-0.15, -0.1) is 0 Å². The quantitative estimate of drug-likeness (QED) is 0.561. The molecule has 1 aromatic carbocycles. The number of aliphatic hydroxyl groups is 1. The predicted molar refractivity (Wildman–Crippen MR) is 90.5 cm³/mol. The van der Waals surface area contributed by atoms with Crippen LogP contribution in [0.4, 0.5) is 5.69 Å². The molecule has 0 atom stereocenters. The highest BCUT2D eigenvalue weighted by Crippen LogP contribution is 2.34. The van der Waals surface area contributed by atoms with Gasteiger partial charge in [-0.05, 0) is 28.1 Å². The molecule has 9 heteroatoms. The standard InChI is InChI=1S/C14H13BrCl2N2O4/c1-23-14(22)8-6-19(2-3-20)13(21)12(8)18-7-4-9(16)11(15)10(17)5-7/h4-5,18,20H,2-3,6H2,1H3. The average Bonchev–Trinajstić information content (AvgIpc) is 2.81. The van der Waals surface area contributed by atoms with E-state index in [0.717, 1.165) is 0 Å². The number of carbonyl (C=O) groups is 2. The molecular weight excluding hydrogens is 411 g/mol. The smallest absolute Gasteiger partial charge is 0.337 e. The maximum Gasteiger partial charge on any atom is 0.337 e. The number of hydrogen-bond acceptors (Lipinski definition) is 5. The molecule has 1 heterocycles. The average molecular weight is 424 g/mol. The second-order valence-corrected chi connectivity index (χ2v) is 6.28. The second-order valence-electron chi connectivity index (χ2n) is 4.67. The first kappa shape index (κ1) is 18.1. The lowest BCUT2D eigenvalue weighted by Gasteiger charge is -2.15. The third-order valence-corrected chi connectivity index (χ3v) is 5.11. The van der Waals surface area contributed by atoms with Gasteiger partial charge in [-0.1, -0.05) is 23.2 Å². The minimum absolute atomic E-state index is 0.0619. The van der Waals surface area contributed by atoms with Crippen LogP contribution in [0.2, 0.25) is 10.0 Å². The fourth-order valence-electron chi connectivity index (χ4n) is 2.12. The molecule has 2 N–H and O–H groups in total. The molecule has 0 unspecified atom stereocenters. The van der Waals surface area contributed by atoms with Crippen molar-refractivity contribution in [1.29, 1.82) is 0 Å². The van der Waals surface area contributed by atoms with E-state index < -0.39 is 11.9 Å². The third-order valence-electron chi connectivity index (χ3n) is 3.21. The zero-order valence-corrected chi connectivity index (χ0v) is 15.1. The minimum Gasteiger partial charge on any atom is -0.466 e. The van der Waals surface area contributed by atoms with Gasteiger partial charge < -0.3 is 20.1 Å². The number of nitrogens with zero attached hydrogens (tertiary/aromatic N) is 1. The van der Waals surface area contributed by atoms with Gasteiger partial charge in [0, 0.05) is 12.2 Å². The first-order valence-electron chi connectivity index (χ1n) is 6.52. The summed E-state index contributed by atoms with van der Waals surface area (Å²) in [6.07, 6.45) is 0. The Morgan fingerprint density at radius 2 is 2.04 bits per heavy atom. The Morgan fingerprint density at radius 1 is 1.43 bits per heavy atom. The van der Waals surface area contributed by atoms with Gasteiger partial charge >= 0.3 is 5.97 Å². The molecule has 1 aromatic rings. The van der Waals surface area contributed by atoms with Crippen molar-refractivity contribution in [1.82, 2.24) is 4.90 Å². The van der Waals surface area contributed by atoms with Gasteiger partial charge in [-0.3, -0.25) is 4.79 Å². The number of aliphatic hydroxyl groups excluding tert-OH is 1. The van der Waals surface area contributed by atoms with Gasteiger partial charge in [0.1, 0.15) is 5.70 Å². The number of amides is 1. The van der Waals surface area contributed by atoms with Crippen LogP contribution in [0.1, 0.15) is 0 Å². The summed E-state index contributed by atoms with van der Waals surface area (Å²) in [5.41, 5.74) is 0.722. The molecule has 0 saturated carbocycles. The van der Waals surface area contributed by atoms with E-state index in [1.807, 2.05) is 0 Å².